The van der Waals surface area contributed by atoms with Gasteiger partial charge in [0.15, 0.2) is 0 Å². The Labute approximate surface area is 90.5 Å². The maximum atomic E-state index is 3.76. The molecule has 1 unspecified atom stereocenters. The van der Waals surface area contributed by atoms with Crippen LogP contribution in [0.2, 0.25) is 0 Å². The number of rotatable bonds is 7. The summed E-state index contributed by atoms with van der Waals surface area (Å²) < 4.78 is 1.01. The van der Waals surface area contributed by atoms with E-state index in [4.69, 9.17) is 0 Å². The molecular weight excluding hydrogens is 228 g/mol. The van der Waals surface area contributed by atoms with Crippen molar-refractivity contribution in [1.29, 1.82) is 0 Å². The van der Waals surface area contributed by atoms with Crippen LogP contribution in [-0.2, 0) is 0 Å². The molecule has 0 amide bonds. The number of likely N-dealkylation sites (N-methyl/N-ethyl adjacent to an activating group) is 1. The molecule has 0 aromatic rings. The zero-order chi connectivity index (χ0) is 10.3. The van der Waals surface area contributed by atoms with Gasteiger partial charge in [-0.1, -0.05) is 29.4 Å². The fraction of sp³-hybridized carbons (Fsp3) is 0.800. The Morgan fingerprint density at radius 1 is 1.62 bits per heavy atom. The van der Waals surface area contributed by atoms with Crippen LogP contribution in [-0.4, -0.2) is 37.6 Å². The molecule has 0 aromatic heterocycles. The second kappa shape index (κ2) is 7.54. The molecule has 0 spiro atoms. The van der Waals surface area contributed by atoms with Crippen LogP contribution < -0.4 is 5.32 Å². The molecule has 1 atom stereocenters. The highest BCUT2D eigenvalue weighted by Gasteiger charge is 2.04. The van der Waals surface area contributed by atoms with E-state index in [1.54, 1.807) is 0 Å². The average molecular weight is 249 g/mol. The molecule has 0 aliphatic heterocycles. The quantitative estimate of drug-likeness (QED) is 0.696. The van der Waals surface area contributed by atoms with E-state index in [9.17, 15) is 0 Å². The van der Waals surface area contributed by atoms with E-state index in [1.165, 1.54) is 6.42 Å². The van der Waals surface area contributed by atoms with Crippen LogP contribution in [0.4, 0.5) is 0 Å². The Morgan fingerprint density at radius 3 is 2.69 bits per heavy atom. The van der Waals surface area contributed by atoms with E-state index in [0.29, 0.717) is 6.04 Å². The molecule has 0 bridgehead atoms. The first-order chi connectivity index (χ1) is 6.07. The lowest BCUT2D eigenvalue weighted by molar-refractivity contribution is 0.253. The van der Waals surface area contributed by atoms with Crippen molar-refractivity contribution in [3.63, 3.8) is 0 Å². The second-order valence-corrected chi connectivity index (χ2v) is 4.55. The minimum absolute atomic E-state index is 0.675. The molecule has 13 heavy (non-hydrogen) atoms. The van der Waals surface area contributed by atoms with Crippen molar-refractivity contribution in [3.05, 3.63) is 11.1 Å². The molecule has 0 saturated heterocycles. The molecule has 0 aliphatic rings. The first-order valence-electron chi connectivity index (χ1n) is 4.82. The summed E-state index contributed by atoms with van der Waals surface area (Å²) in [6, 6.07) is 0.675. The van der Waals surface area contributed by atoms with Crippen LogP contribution in [0, 0.1) is 0 Å². The lowest BCUT2D eigenvalue weighted by Crippen LogP contribution is -2.35. The SMILES string of the molecule is C=C(Br)CNCCN(C)C(C)CC. The van der Waals surface area contributed by atoms with E-state index < -0.39 is 0 Å². The zero-order valence-electron chi connectivity index (χ0n) is 8.94. The van der Waals surface area contributed by atoms with Crippen LogP contribution in [0.25, 0.3) is 0 Å². The Bertz CT molecular complexity index is 148. The van der Waals surface area contributed by atoms with E-state index in [2.05, 4.69) is 53.6 Å². The lowest BCUT2D eigenvalue weighted by Gasteiger charge is -2.23. The molecule has 1 N–H and O–H groups in total. The molecule has 0 rings (SSSR count). The number of hydrogen-bond donors (Lipinski definition) is 1. The molecule has 0 saturated carbocycles. The van der Waals surface area contributed by atoms with Gasteiger partial charge in [-0.2, -0.15) is 0 Å². The summed E-state index contributed by atoms with van der Waals surface area (Å²) in [4.78, 5) is 2.37. The monoisotopic (exact) mass is 248 g/mol. The summed E-state index contributed by atoms with van der Waals surface area (Å²) in [5, 5.41) is 3.31. The van der Waals surface area contributed by atoms with Gasteiger partial charge in [0.05, 0.1) is 0 Å². The summed E-state index contributed by atoms with van der Waals surface area (Å²) >= 11 is 3.31. The van der Waals surface area contributed by atoms with E-state index in [0.717, 1.165) is 24.1 Å². The standard InChI is InChI=1S/C10H21BrN2/c1-5-10(3)13(4)7-6-12-8-9(2)11/h10,12H,2,5-8H2,1,3-4H3. The molecule has 3 heteroatoms. The smallest absolute Gasteiger partial charge is 0.0266 e. The molecule has 0 aromatic carbocycles. The van der Waals surface area contributed by atoms with Crippen molar-refractivity contribution < 1.29 is 0 Å². The van der Waals surface area contributed by atoms with Crippen LogP contribution in [0.5, 0.6) is 0 Å². The Kier molecular flexibility index (Phi) is 7.62. The van der Waals surface area contributed by atoms with Gasteiger partial charge in [0.1, 0.15) is 0 Å². The van der Waals surface area contributed by atoms with Gasteiger partial charge >= 0.3 is 0 Å². The van der Waals surface area contributed by atoms with Crippen LogP contribution in [0.1, 0.15) is 20.3 Å². The van der Waals surface area contributed by atoms with Gasteiger partial charge in [0.2, 0.25) is 0 Å². The fourth-order valence-electron chi connectivity index (χ4n) is 1.01. The van der Waals surface area contributed by atoms with Crippen molar-refractivity contribution in [2.45, 2.75) is 26.3 Å². The van der Waals surface area contributed by atoms with Gasteiger partial charge in [-0.05, 0) is 20.4 Å². The first kappa shape index (κ1) is 13.1. The fourth-order valence-corrected chi connectivity index (χ4v) is 1.21. The van der Waals surface area contributed by atoms with Crippen molar-refractivity contribution >= 4 is 15.9 Å². The van der Waals surface area contributed by atoms with Gasteiger partial charge in [-0.3, -0.25) is 0 Å². The van der Waals surface area contributed by atoms with Gasteiger partial charge in [-0.25, -0.2) is 0 Å². The van der Waals surface area contributed by atoms with Crippen LogP contribution >= 0.6 is 15.9 Å². The molecular formula is C10H21BrN2. The zero-order valence-corrected chi connectivity index (χ0v) is 10.5. The molecule has 78 valence electrons. The second-order valence-electron chi connectivity index (χ2n) is 3.43. The molecule has 0 heterocycles. The van der Waals surface area contributed by atoms with E-state index in [1.807, 2.05) is 0 Å². The average Bonchev–Trinajstić information content (AvgIpc) is 2.10. The topological polar surface area (TPSA) is 15.3 Å². The number of nitrogens with one attached hydrogen (secondary N) is 1. The third-order valence-corrected chi connectivity index (χ3v) is 2.58. The molecule has 2 nitrogen and oxygen atoms in total. The van der Waals surface area contributed by atoms with Crippen molar-refractivity contribution in [1.82, 2.24) is 10.2 Å². The largest absolute Gasteiger partial charge is 0.311 e. The Morgan fingerprint density at radius 2 is 2.23 bits per heavy atom. The third kappa shape index (κ3) is 7.23. The van der Waals surface area contributed by atoms with Crippen molar-refractivity contribution in [3.8, 4) is 0 Å². The summed E-state index contributed by atoms with van der Waals surface area (Å²) in [5.74, 6) is 0. The Balaban J connectivity index is 3.36. The van der Waals surface area contributed by atoms with Crippen LogP contribution in [0.3, 0.4) is 0 Å². The van der Waals surface area contributed by atoms with E-state index in [-0.39, 0.29) is 0 Å². The molecule has 0 fully saturated rings. The minimum Gasteiger partial charge on any atom is -0.311 e. The van der Waals surface area contributed by atoms with Crippen molar-refractivity contribution in [2.24, 2.45) is 0 Å². The highest BCUT2D eigenvalue weighted by atomic mass is 79.9. The maximum Gasteiger partial charge on any atom is 0.0266 e. The number of halogens is 1. The molecule has 0 radical (unpaired) electrons. The summed E-state index contributed by atoms with van der Waals surface area (Å²) in [6.07, 6.45) is 1.21. The van der Waals surface area contributed by atoms with Gasteiger partial charge in [-0.15, -0.1) is 0 Å². The third-order valence-electron chi connectivity index (χ3n) is 2.30. The highest BCUT2D eigenvalue weighted by Crippen LogP contribution is 1.99. The van der Waals surface area contributed by atoms with E-state index >= 15 is 0 Å². The normalized spacial score (nSPS) is 13.3. The lowest BCUT2D eigenvalue weighted by atomic mass is 10.2. The number of hydrogen-bond acceptors (Lipinski definition) is 2. The van der Waals surface area contributed by atoms with Gasteiger partial charge in [0.25, 0.3) is 0 Å². The van der Waals surface area contributed by atoms with Gasteiger partial charge in [0, 0.05) is 30.2 Å². The summed E-state index contributed by atoms with van der Waals surface area (Å²) in [5.41, 5.74) is 0. The predicted octanol–water partition coefficient (Wildman–Crippen LogP) is 2.21. The molecule has 0 aliphatic carbocycles. The summed E-state index contributed by atoms with van der Waals surface area (Å²) in [6.45, 7) is 11.2. The Hall–Kier alpha value is 0.140. The number of nitrogens with zero attached hydrogens (tertiary/aromatic N) is 1. The van der Waals surface area contributed by atoms with Gasteiger partial charge < -0.3 is 10.2 Å². The predicted molar refractivity (Wildman–Crippen MR) is 63.3 cm³/mol. The minimum atomic E-state index is 0.675. The van der Waals surface area contributed by atoms with Crippen LogP contribution in [0.15, 0.2) is 11.1 Å². The maximum absolute atomic E-state index is 3.76. The van der Waals surface area contributed by atoms with Crippen molar-refractivity contribution in [2.75, 3.05) is 26.7 Å². The summed E-state index contributed by atoms with van der Waals surface area (Å²) in [7, 11) is 2.17. The first-order valence-corrected chi connectivity index (χ1v) is 5.61. The highest BCUT2D eigenvalue weighted by molar-refractivity contribution is 9.11.